The van der Waals surface area contributed by atoms with E-state index in [0.29, 0.717) is 0 Å². The number of primary sulfonamides is 1. The van der Waals surface area contributed by atoms with Gasteiger partial charge in [0, 0.05) is 5.38 Å². The molecule has 0 aromatic carbocycles. The van der Waals surface area contributed by atoms with Crippen LogP contribution in [0.4, 0.5) is 0 Å². The van der Waals surface area contributed by atoms with Gasteiger partial charge in [0.25, 0.3) is 0 Å². The fourth-order valence-electron chi connectivity index (χ4n) is 0.890. The van der Waals surface area contributed by atoms with Crippen LogP contribution in [0.2, 0.25) is 0 Å². The fraction of sp³-hybridized carbons (Fsp3) is 0.167. The highest BCUT2D eigenvalue weighted by Crippen LogP contribution is 2.25. The van der Waals surface area contributed by atoms with Crippen molar-refractivity contribution in [3.05, 3.63) is 16.5 Å². The van der Waals surface area contributed by atoms with Crippen molar-refractivity contribution in [3.63, 3.8) is 0 Å². The number of hydrogen-bond acceptors (Lipinski definition) is 4. The van der Waals surface area contributed by atoms with E-state index in [9.17, 15) is 13.2 Å². The lowest BCUT2D eigenvalue weighted by Gasteiger charge is -1.95. The van der Waals surface area contributed by atoms with Crippen LogP contribution in [0.3, 0.4) is 0 Å². The molecule has 1 rings (SSSR count). The molecule has 1 aromatic heterocycles. The molecule has 0 radical (unpaired) electrons. The van der Waals surface area contributed by atoms with Crippen LogP contribution in [0.1, 0.15) is 15.9 Å². The van der Waals surface area contributed by atoms with E-state index in [1.807, 2.05) is 0 Å². The standard InChI is InChI=1S/C6H7NO4S2/c1-3-4(5(8)9)2-12-6(3)13(7,10)11/h2H,1H3,(H,8,9)(H2,7,10,11). The Morgan fingerprint density at radius 1 is 1.62 bits per heavy atom. The van der Waals surface area contributed by atoms with E-state index in [2.05, 4.69) is 0 Å². The Balaban J connectivity index is 3.39. The van der Waals surface area contributed by atoms with Crippen molar-refractivity contribution in [2.75, 3.05) is 0 Å². The van der Waals surface area contributed by atoms with Gasteiger partial charge in [-0.05, 0) is 12.5 Å². The molecule has 0 aliphatic heterocycles. The summed E-state index contributed by atoms with van der Waals surface area (Å²) in [6, 6.07) is 0. The molecule has 72 valence electrons. The maximum absolute atomic E-state index is 10.9. The zero-order valence-corrected chi connectivity index (χ0v) is 8.28. The molecule has 13 heavy (non-hydrogen) atoms. The molecule has 0 bridgehead atoms. The highest BCUT2D eigenvalue weighted by Gasteiger charge is 2.19. The first kappa shape index (κ1) is 10.2. The van der Waals surface area contributed by atoms with Gasteiger partial charge in [0.1, 0.15) is 4.21 Å². The van der Waals surface area contributed by atoms with Crippen molar-refractivity contribution < 1.29 is 18.3 Å². The van der Waals surface area contributed by atoms with E-state index in [4.69, 9.17) is 10.2 Å². The van der Waals surface area contributed by atoms with Crippen molar-refractivity contribution in [2.24, 2.45) is 5.14 Å². The van der Waals surface area contributed by atoms with E-state index < -0.39 is 16.0 Å². The van der Waals surface area contributed by atoms with Gasteiger partial charge in [0.15, 0.2) is 0 Å². The molecule has 1 aromatic rings. The Bertz CT molecular complexity index is 445. The smallest absolute Gasteiger partial charge is 0.336 e. The predicted molar refractivity (Wildman–Crippen MR) is 47.4 cm³/mol. The van der Waals surface area contributed by atoms with E-state index in [-0.39, 0.29) is 15.3 Å². The summed E-state index contributed by atoms with van der Waals surface area (Å²) in [5.74, 6) is -1.15. The summed E-state index contributed by atoms with van der Waals surface area (Å²) in [5.41, 5.74) is 0.175. The predicted octanol–water partition coefficient (Wildman–Crippen LogP) is 0.402. The zero-order valence-electron chi connectivity index (χ0n) is 6.64. The summed E-state index contributed by atoms with van der Waals surface area (Å²) < 4.78 is 21.7. The number of nitrogens with two attached hydrogens (primary N) is 1. The molecule has 1 heterocycles. The van der Waals surface area contributed by atoms with Crippen LogP contribution >= 0.6 is 11.3 Å². The number of carbonyl (C=O) groups is 1. The van der Waals surface area contributed by atoms with Gasteiger partial charge in [-0.3, -0.25) is 0 Å². The van der Waals surface area contributed by atoms with E-state index >= 15 is 0 Å². The summed E-state index contributed by atoms with van der Waals surface area (Å²) in [6.07, 6.45) is 0. The summed E-state index contributed by atoms with van der Waals surface area (Å²) in [4.78, 5) is 10.5. The van der Waals surface area contributed by atoms with Gasteiger partial charge in [-0.1, -0.05) is 0 Å². The topological polar surface area (TPSA) is 97.5 Å². The minimum absolute atomic E-state index is 0.0194. The Hall–Kier alpha value is -0.920. The molecule has 7 heteroatoms. The average molecular weight is 221 g/mol. The van der Waals surface area contributed by atoms with Gasteiger partial charge in [-0.25, -0.2) is 18.4 Å². The number of rotatable bonds is 2. The van der Waals surface area contributed by atoms with Gasteiger partial charge in [0.05, 0.1) is 5.56 Å². The third-order valence-electron chi connectivity index (χ3n) is 1.48. The fourth-order valence-corrected chi connectivity index (χ4v) is 2.90. The molecular formula is C6H7NO4S2. The Morgan fingerprint density at radius 2 is 2.15 bits per heavy atom. The van der Waals surface area contributed by atoms with Gasteiger partial charge in [-0.2, -0.15) is 0 Å². The largest absolute Gasteiger partial charge is 0.478 e. The average Bonchev–Trinajstić information content (AvgIpc) is 2.28. The first-order valence-electron chi connectivity index (χ1n) is 3.18. The van der Waals surface area contributed by atoms with Crippen LogP contribution in [0.5, 0.6) is 0 Å². The first-order chi connectivity index (χ1) is 5.84. The second kappa shape index (κ2) is 3.09. The number of carboxylic acid groups (broad SMARTS) is 1. The van der Waals surface area contributed by atoms with Gasteiger partial charge in [-0.15, -0.1) is 11.3 Å². The normalized spacial score (nSPS) is 11.5. The number of carboxylic acids is 1. The lowest BCUT2D eigenvalue weighted by molar-refractivity contribution is 0.0696. The molecule has 0 aliphatic rings. The maximum atomic E-state index is 10.9. The SMILES string of the molecule is Cc1c(C(=O)O)csc1S(N)(=O)=O. The van der Waals surface area contributed by atoms with Crippen molar-refractivity contribution in [1.29, 1.82) is 0 Å². The summed E-state index contributed by atoms with van der Waals surface area (Å²) in [5, 5.41) is 14.7. The number of sulfonamides is 1. The third-order valence-corrected chi connectivity index (χ3v) is 4.17. The second-order valence-corrected chi connectivity index (χ2v) is 5.05. The molecule has 3 N–H and O–H groups in total. The molecular weight excluding hydrogens is 214 g/mol. The van der Waals surface area contributed by atoms with Crippen LogP contribution in [0.25, 0.3) is 0 Å². The van der Waals surface area contributed by atoms with Gasteiger partial charge in [0.2, 0.25) is 10.0 Å². The highest BCUT2D eigenvalue weighted by atomic mass is 32.2. The number of aromatic carboxylic acids is 1. The summed E-state index contributed by atoms with van der Waals surface area (Å²) >= 11 is 0.818. The van der Waals surface area contributed by atoms with Crippen LogP contribution < -0.4 is 5.14 Å². The number of hydrogen-bond donors (Lipinski definition) is 2. The van der Waals surface area contributed by atoms with Crippen molar-refractivity contribution in [3.8, 4) is 0 Å². The summed E-state index contributed by atoms with van der Waals surface area (Å²) in [7, 11) is -3.79. The van der Waals surface area contributed by atoms with E-state index in [1.54, 1.807) is 0 Å². The first-order valence-corrected chi connectivity index (χ1v) is 5.61. The number of thiophene rings is 1. The van der Waals surface area contributed by atoms with Crippen molar-refractivity contribution in [2.45, 2.75) is 11.1 Å². The van der Waals surface area contributed by atoms with Crippen LogP contribution in [0.15, 0.2) is 9.59 Å². The lowest BCUT2D eigenvalue weighted by Crippen LogP contribution is -2.12. The van der Waals surface area contributed by atoms with E-state index in [0.717, 1.165) is 11.3 Å². The summed E-state index contributed by atoms with van der Waals surface area (Å²) in [6.45, 7) is 1.42. The van der Waals surface area contributed by atoms with Gasteiger partial charge >= 0.3 is 5.97 Å². The molecule has 0 saturated carbocycles. The van der Waals surface area contributed by atoms with Crippen LogP contribution in [-0.2, 0) is 10.0 Å². The maximum Gasteiger partial charge on any atom is 0.336 e. The minimum atomic E-state index is -3.79. The molecule has 0 atom stereocenters. The Kier molecular flexibility index (Phi) is 2.42. The zero-order chi connectivity index (χ0) is 10.2. The van der Waals surface area contributed by atoms with Crippen molar-refractivity contribution in [1.82, 2.24) is 0 Å². The third kappa shape index (κ3) is 1.87. The highest BCUT2D eigenvalue weighted by molar-refractivity contribution is 7.91. The lowest BCUT2D eigenvalue weighted by atomic mass is 10.2. The Morgan fingerprint density at radius 3 is 2.38 bits per heavy atom. The molecule has 0 unspecified atom stereocenters. The molecule has 0 spiro atoms. The Labute approximate surface area is 78.9 Å². The van der Waals surface area contributed by atoms with Gasteiger partial charge < -0.3 is 5.11 Å². The molecule has 0 fully saturated rings. The molecule has 5 nitrogen and oxygen atoms in total. The van der Waals surface area contributed by atoms with Crippen molar-refractivity contribution >= 4 is 27.3 Å². The second-order valence-electron chi connectivity index (χ2n) is 2.41. The van der Waals surface area contributed by atoms with Crippen LogP contribution in [-0.4, -0.2) is 19.5 Å². The van der Waals surface area contributed by atoms with Crippen LogP contribution in [0, 0.1) is 6.92 Å². The molecule has 0 saturated heterocycles. The van der Waals surface area contributed by atoms with E-state index in [1.165, 1.54) is 12.3 Å². The monoisotopic (exact) mass is 221 g/mol. The quantitative estimate of drug-likeness (QED) is 0.755. The molecule has 0 amide bonds. The minimum Gasteiger partial charge on any atom is -0.478 e. The molecule has 0 aliphatic carbocycles.